The van der Waals surface area contributed by atoms with Gasteiger partial charge in [-0.05, 0) is 76.3 Å². The van der Waals surface area contributed by atoms with E-state index in [9.17, 15) is 9.59 Å². The second kappa shape index (κ2) is 12.7. The van der Waals surface area contributed by atoms with Crippen molar-refractivity contribution in [3.05, 3.63) is 41.7 Å². The zero-order valence-electron chi connectivity index (χ0n) is 22.0. The Morgan fingerprint density at radius 1 is 0.947 bits per heavy atom. The molecule has 2 aromatic rings. The first kappa shape index (κ1) is 26.6. The number of nitrogens with zero attached hydrogens (tertiary/aromatic N) is 2. The third kappa shape index (κ3) is 6.54. The first-order valence-corrected chi connectivity index (χ1v) is 13.8. The summed E-state index contributed by atoms with van der Waals surface area (Å²) in [5.74, 6) is -0.227. The summed E-state index contributed by atoms with van der Waals surface area (Å²) in [5.41, 5.74) is 0.902. The molecule has 0 bridgehead atoms. The van der Waals surface area contributed by atoms with Gasteiger partial charge in [0.05, 0.1) is 30.7 Å². The van der Waals surface area contributed by atoms with Crippen LogP contribution in [0, 0.1) is 0 Å². The molecule has 1 saturated carbocycles. The van der Waals surface area contributed by atoms with Crippen LogP contribution in [0.5, 0.6) is 5.75 Å². The molecular weight excluding hydrogens is 488 g/mol. The molecule has 2 unspecified atom stereocenters. The Kier molecular flexibility index (Phi) is 8.93. The molecule has 5 rings (SSSR count). The van der Waals surface area contributed by atoms with Gasteiger partial charge in [0.15, 0.2) is 12.0 Å². The van der Waals surface area contributed by atoms with Crippen molar-refractivity contribution < 1.29 is 28.5 Å². The number of methoxy groups -OCH3 is 1. The highest BCUT2D eigenvalue weighted by molar-refractivity contribution is 6.09. The summed E-state index contributed by atoms with van der Waals surface area (Å²) in [5, 5.41) is 10.6. The predicted octanol–water partition coefficient (Wildman–Crippen LogP) is 4.43. The molecule has 0 spiro atoms. The second-order valence-electron chi connectivity index (χ2n) is 10.2. The average Bonchev–Trinajstić information content (AvgIpc) is 3.39. The highest BCUT2D eigenvalue weighted by Gasteiger charge is 2.29. The van der Waals surface area contributed by atoms with E-state index < -0.39 is 0 Å². The van der Waals surface area contributed by atoms with Crippen LogP contribution in [0.4, 0.5) is 5.69 Å². The molecule has 10 heteroatoms. The SMILES string of the molecule is COc1ccccc1C(=O)Nc1cn(C2CCCCO2)nc1C(=O)NC1CCC(OC2CCCCO2)CC1. The van der Waals surface area contributed by atoms with E-state index in [1.165, 1.54) is 7.11 Å². The van der Waals surface area contributed by atoms with Gasteiger partial charge in [0.1, 0.15) is 12.0 Å². The molecule has 1 aromatic carbocycles. The Morgan fingerprint density at radius 3 is 2.42 bits per heavy atom. The number of anilines is 1. The number of hydrogen-bond acceptors (Lipinski definition) is 7. The molecule has 1 aromatic heterocycles. The topological polar surface area (TPSA) is 113 Å². The molecule has 2 N–H and O–H groups in total. The fraction of sp³-hybridized carbons (Fsp3) is 0.607. The van der Waals surface area contributed by atoms with E-state index >= 15 is 0 Å². The molecule has 3 aliphatic rings. The van der Waals surface area contributed by atoms with Gasteiger partial charge in [-0.25, -0.2) is 4.68 Å². The van der Waals surface area contributed by atoms with Crippen molar-refractivity contribution in [2.75, 3.05) is 25.6 Å². The van der Waals surface area contributed by atoms with Crippen molar-refractivity contribution in [3.63, 3.8) is 0 Å². The van der Waals surface area contributed by atoms with Gasteiger partial charge in [-0.3, -0.25) is 9.59 Å². The highest BCUT2D eigenvalue weighted by atomic mass is 16.7. The van der Waals surface area contributed by atoms with E-state index in [-0.39, 0.29) is 42.2 Å². The van der Waals surface area contributed by atoms with E-state index in [0.29, 0.717) is 23.6 Å². The van der Waals surface area contributed by atoms with Crippen molar-refractivity contribution in [3.8, 4) is 5.75 Å². The van der Waals surface area contributed by atoms with E-state index in [2.05, 4.69) is 15.7 Å². The molecule has 0 radical (unpaired) electrons. The fourth-order valence-corrected chi connectivity index (χ4v) is 5.38. The summed E-state index contributed by atoms with van der Waals surface area (Å²) in [6, 6.07) is 6.99. The van der Waals surface area contributed by atoms with E-state index in [1.54, 1.807) is 35.1 Å². The van der Waals surface area contributed by atoms with E-state index in [0.717, 1.165) is 70.8 Å². The molecule has 206 valence electrons. The van der Waals surface area contributed by atoms with Crippen molar-refractivity contribution in [2.24, 2.45) is 0 Å². The molecule has 2 atom stereocenters. The maximum atomic E-state index is 13.4. The largest absolute Gasteiger partial charge is 0.496 e. The number of nitrogens with one attached hydrogen (secondary N) is 2. The van der Waals surface area contributed by atoms with Gasteiger partial charge < -0.3 is 29.6 Å². The van der Waals surface area contributed by atoms with Crippen molar-refractivity contribution >= 4 is 17.5 Å². The molecular formula is C28H38N4O6. The lowest BCUT2D eigenvalue weighted by Crippen LogP contribution is -2.40. The summed E-state index contributed by atoms with van der Waals surface area (Å²) < 4.78 is 24.7. The first-order valence-electron chi connectivity index (χ1n) is 13.8. The summed E-state index contributed by atoms with van der Waals surface area (Å²) in [6.45, 7) is 1.41. The third-order valence-electron chi connectivity index (χ3n) is 7.49. The molecule has 10 nitrogen and oxygen atoms in total. The molecule has 38 heavy (non-hydrogen) atoms. The Bertz CT molecular complexity index is 1080. The van der Waals surface area contributed by atoms with Gasteiger partial charge in [-0.15, -0.1) is 0 Å². The number of amides is 2. The lowest BCUT2D eigenvalue weighted by molar-refractivity contribution is -0.193. The standard InChI is InChI=1S/C28H38N4O6/c1-35-23-9-3-2-8-21(23)27(33)30-22-18-32(24-10-4-6-16-36-24)31-26(22)28(34)29-19-12-14-20(15-13-19)38-25-11-5-7-17-37-25/h2-3,8-9,18-20,24-25H,4-7,10-17H2,1H3,(H,29,34)(H,30,33). The average molecular weight is 527 g/mol. The highest BCUT2D eigenvalue weighted by Crippen LogP contribution is 2.28. The maximum absolute atomic E-state index is 13.4. The van der Waals surface area contributed by atoms with Gasteiger partial charge in [0.25, 0.3) is 11.8 Å². The Labute approximate surface area is 223 Å². The molecule has 2 amide bonds. The summed E-state index contributed by atoms with van der Waals surface area (Å²) in [6.07, 6.45) is 10.9. The van der Waals surface area contributed by atoms with Crippen LogP contribution >= 0.6 is 0 Å². The number of para-hydroxylation sites is 1. The monoisotopic (exact) mass is 526 g/mol. The van der Waals surface area contributed by atoms with Crippen LogP contribution in [0.25, 0.3) is 0 Å². The van der Waals surface area contributed by atoms with E-state index in [4.69, 9.17) is 18.9 Å². The van der Waals surface area contributed by atoms with Crippen molar-refractivity contribution in [2.45, 2.75) is 88.9 Å². The minimum absolute atomic E-state index is 0.0171. The third-order valence-corrected chi connectivity index (χ3v) is 7.49. The van der Waals surface area contributed by atoms with Crippen molar-refractivity contribution in [1.82, 2.24) is 15.1 Å². The van der Waals surface area contributed by atoms with E-state index in [1.807, 2.05) is 0 Å². The summed E-state index contributed by atoms with van der Waals surface area (Å²) in [7, 11) is 1.52. The number of aromatic nitrogens is 2. The van der Waals surface area contributed by atoms with Crippen LogP contribution < -0.4 is 15.4 Å². The fourth-order valence-electron chi connectivity index (χ4n) is 5.38. The molecule has 2 saturated heterocycles. The molecule has 3 fully saturated rings. The summed E-state index contributed by atoms with van der Waals surface area (Å²) in [4.78, 5) is 26.5. The molecule has 1 aliphatic carbocycles. The Hall–Kier alpha value is -2.95. The number of benzene rings is 1. The minimum Gasteiger partial charge on any atom is -0.496 e. The van der Waals surface area contributed by atoms with Gasteiger partial charge >= 0.3 is 0 Å². The number of ether oxygens (including phenoxy) is 4. The molecule has 2 aliphatic heterocycles. The number of rotatable bonds is 8. The van der Waals surface area contributed by atoms with Crippen LogP contribution in [0.1, 0.15) is 91.3 Å². The Balaban J connectivity index is 1.25. The maximum Gasteiger partial charge on any atom is 0.274 e. The van der Waals surface area contributed by atoms with Crippen LogP contribution in [0.15, 0.2) is 30.5 Å². The van der Waals surface area contributed by atoms with Crippen LogP contribution in [-0.2, 0) is 14.2 Å². The normalized spacial score (nSPS) is 25.9. The molecule has 3 heterocycles. The van der Waals surface area contributed by atoms with Crippen LogP contribution in [0.2, 0.25) is 0 Å². The minimum atomic E-state index is -0.372. The predicted molar refractivity (Wildman–Crippen MR) is 140 cm³/mol. The lowest BCUT2D eigenvalue weighted by atomic mass is 9.92. The Morgan fingerprint density at radius 2 is 1.71 bits per heavy atom. The first-order chi connectivity index (χ1) is 18.6. The lowest BCUT2D eigenvalue weighted by Gasteiger charge is -2.33. The number of carbonyl (C=O) groups is 2. The zero-order valence-corrected chi connectivity index (χ0v) is 22.0. The number of carbonyl (C=O) groups excluding carboxylic acids is 2. The number of hydrogen-bond donors (Lipinski definition) is 2. The van der Waals surface area contributed by atoms with Gasteiger partial charge in [-0.2, -0.15) is 5.10 Å². The van der Waals surface area contributed by atoms with Gasteiger partial charge in [0.2, 0.25) is 0 Å². The summed E-state index contributed by atoms with van der Waals surface area (Å²) >= 11 is 0. The zero-order chi connectivity index (χ0) is 26.3. The van der Waals surface area contributed by atoms with Gasteiger partial charge in [-0.1, -0.05) is 12.1 Å². The smallest absolute Gasteiger partial charge is 0.274 e. The van der Waals surface area contributed by atoms with Crippen LogP contribution in [0.3, 0.4) is 0 Å². The van der Waals surface area contributed by atoms with Gasteiger partial charge in [0, 0.05) is 19.3 Å². The quantitative estimate of drug-likeness (QED) is 0.523. The van der Waals surface area contributed by atoms with Crippen LogP contribution in [-0.4, -0.2) is 60.4 Å². The van der Waals surface area contributed by atoms with Crippen molar-refractivity contribution in [1.29, 1.82) is 0 Å². The second-order valence-corrected chi connectivity index (χ2v) is 10.2.